The van der Waals surface area contributed by atoms with Crippen LogP contribution in [-0.2, 0) is 0 Å². The number of carbonyl (C=O) groups is 1. The predicted molar refractivity (Wildman–Crippen MR) is 56.9 cm³/mol. The summed E-state index contributed by atoms with van der Waals surface area (Å²) in [4.78, 5) is 14.6. The van der Waals surface area contributed by atoms with Crippen molar-refractivity contribution in [2.75, 3.05) is 0 Å². The maximum Gasteiger partial charge on any atom is 0.307 e. The van der Waals surface area contributed by atoms with Gasteiger partial charge in [0.2, 0.25) is 0 Å². The molecule has 0 bridgehead atoms. The van der Waals surface area contributed by atoms with Crippen molar-refractivity contribution in [3.63, 3.8) is 0 Å². The van der Waals surface area contributed by atoms with Gasteiger partial charge < -0.3 is 4.42 Å². The fourth-order valence-corrected chi connectivity index (χ4v) is 1.53. The van der Waals surface area contributed by atoms with Crippen molar-refractivity contribution in [1.82, 2.24) is 4.98 Å². The zero-order valence-electron chi connectivity index (χ0n) is 6.25. The largest absolute Gasteiger partial charge is 0.433 e. The van der Waals surface area contributed by atoms with Gasteiger partial charge in [-0.25, -0.2) is 4.98 Å². The molecule has 0 fully saturated rings. The molecule has 0 aliphatic carbocycles. The Bertz CT molecular complexity index is 480. The summed E-state index contributed by atoms with van der Waals surface area (Å²) >= 11 is 7.37. The van der Waals surface area contributed by atoms with Gasteiger partial charge in [-0.15, -0.1) is 0 Å². The molecule has 0 aliphatic rings. The number of aromatic nitrogens is 1. The van der Waals surface area contributed by atoms with Crippen LogP contribution in [0.4, 0.5) is 0 Å². The fraction of sp³-hybridized carbons (Fsp3) is 0. The molecule has 0 aliphatic heterocycles. The minimum absolute atomic E-state index is 0.0568. The lowest BCUT2D eigenvalue weighted by atomic mass is 10.3. The highest BCUT2D eigenvalue weighted by Crippen LogP contribution is 2.19. The third-order valence-electron chi connectivity index (χ3n) is 1.52. The maximum absolute atomic E-state index is 10.7. The first kappa shape index (κ1) is 8.96. The predicted octanol–water partition coefficient (Wildman–Crippen LogP) is 2.81. The lowest BCUT2D eigenvalue weighted by Gasteiger charge is -1.86. The first-order valence-corrected chi connectivity index (χ1v) is 4.88. The van der Waals surface area contributed by atoms with E-state index in [2.05, 4.69) is 27.6 Å². The molecule has 0 unspecified atom stereocenters. The van der Waals surface area contributed by atoms with E-state index in [4.69, 9.17) is 16.0 Å². The Labute approximate surface area is 92.2 Å². The van der Waals surface area contributed by atoms with Gasteiger partial charge in [-0.3, -0.25) is 4.79 Å². The Hall–Kier alpha value is -0.620. The lowest BCUT2D eigenvalue weighted by Crippen LogP contribution is -1.85. The van der Waals surface area contributed by atoms with Gasteiger partial charge in [0.25, 0.3) is 5.89 Å². The highest BCUT2D eigenvalue weighted by atomic mass is 127. The fourth-order valence-electron chi connectivity index (χ4n) is 0.983. The molecular weight excluding hydrogens is 304 g/mol. The normalized spacial score (nSPS) is 10.6. The van der Waals surface area contributed by atoms with Gasteiger partial charge in [-0.05, 0) is 52.4 Å². The Balaban J connectivity index is 2.68. The van der Waals surface area contributed by atoms with Crippen LogP contribution in [0.1, 0.15) is 10.7 Å². The zero-order valence-corrected chi connectivity index (χ0v) is 9.17. The van der Waals surface area contributed by atoms with Crippen LogP contribution in [0.2, 0.25) is 0 Å². The lowest BCUT2D eigenvalue weighted by molar-refractivity contribution is 0.105. The van der Waals surface area contributed by atoms with E-state index < -0.39 is 5.24 Å². The number of nitrogens with zero attached hydrogens (tertiary/aromatic N) is 1. The van der Waals surface area contributed by atoms with Crippen LogP contribution >= 0.6 is 34.2 Å². The highest BCUT2D eigenvalue weighted by Gasteiger charge is 2.11. The molecule has 0 amide bonds. The molecule has 1 aromatic carbocycles. The second kappa shape index (κ2) is 3.26. The Morgan fingerprint density at radius 3 is 3.00 bits per heavy atom. The third kappa shape index (κ3) is 1.68. The number of halogens is 2. The van der Waals surface area contributed by atoms with E-state index in [9.17, 15) is 4.79 Å². The quantitative estimate of drug-likeness (QED) is 0.601. The third-order valence-corrected chi connectivity index (χ3v) is 2.35. The van der Waals surface area contributed by atoms with E-state index in [1.807, 2.05) is 6.07 Å². The van der Waals surface area contributed by atoms with Crippen LogP contribution in [-0.4, -0.2) is 10.2 Å². The summed E-state index contributed by atoms with van der Waals surface area (Å²) in [5.41, 5.74) is 1.22. The van der Waals surface area contributed by atoms with Gasteiger partial charge in [0.05, 0.1) is 0 Å². The van der Waals surface area contributed by atoms with Crippen LogP contribution in [0, 0.1) is 3.57 Å². The van der Waals surface area contributed by atoms with Gasteiger partial charge in [0.1, 0.15) is 5.52 Å². The minimum Gasteiger partial charge on any atom is -0.433 e. The summed E-state index contributed by atoms with van der Waals surface area (Å²) < 4.78 is 6.14. The minimum atomic E-state index is -0.675. The first-order chi connectivity index (χ1) is 6.16. The molecule has 0 saturated heterocycles. The van der Waals surface area contributed by atoms with Gasteiger partial charge in [0.15, 0.2) is 5.58 Å². The molecule has 0 radical (unpaired) electrons. The highest BCUT2D eigenvalue weighted by molar-refractivity contribution is 14.1. The van der Waals surface area contributed by atoms with Crippen molar-refractivity contribution in [3.05, 3.63) is 27.7 Å². The molecule has 13 heavy (non-hydrogen) atoms. The molecule has 5 heteroatoms. The van der Waals surface area contributed by atoms with Crippen LogP contribution in [0.15, 0.2) is 22.6 Å². The van der Waals surface area contributed by atoms with Crippen molar-refractivity contribution in [2.24, 2.45) is 0 Å². The van der Waals surface area contributed by atoms with E-state index in [1.54, 1.807) is 12.1 Å². The van der Waals surface area contributed by atoms with Gasteiger partial charge in [-0.1, -0.05) is 0 Å². The summed E-state index contributed by atoms with van der Waals surface area (Å²) in [6, 6.07) is 5.46. The van der Waals surface area contributed by atoms with Crippen LogP contribution in [0.25, 0.3) is 11.1 Å². The molecule has 66 valence electrons. The SMILES string of the molecule is O=C(Cl)c1nc2ccc(I)cc2o1. The number of hydrogen-bond donors (Lipinski definition) is 0. The second-order valence-corrected chi connectivity index (χ2v) is 3.99. The van der Waals surface area contributed by atoms with Crippen molar-refractivity contribution in [3.8, 4) is 0 Å². The summed E-state index contributed by atoms with van der Waals surface area (Å²) in [6.45, 7) is 0. The standard InChI is InChI=1S/C8H3ClINO2/c9-7(12)8-11-5-2-1-4(10)3-6(5)13-8/h1-3H. The van der Waals surface area contributed by atoms with E-state index >= 15 is 0 Å². The molecule has 1 aromatic heterocycles. The molecule has 1 heterocycles. The second-order valence-electron chi connectivity index (χ2n) is 2.40. The van der Waals surface area contributed by atoms with Crippen LogP contribution in [0.3, 0.4) is 0 Å². The number of fused-ring (bicyclic) bond motifs is 1. The Morgan fingerprint density at radius 2 is 2.31 bits per heavy atom. The van der Waals surface area contributed by atoms with E-state index in [-0.39, 0.29) is 5.89 Å². The topological polar surface area (TPSA) is 43.1 Å². The van der Waals surface area contributed by atoms with E-state index in [0.29, 0.717) is 11.1 Å². The summed E-state index contributed by atoms with van der Waals surface area (Å²) in [5, 5.41) is -0.675. The average Bonchev–Trinajstić information content (AvgIpc) is 2.46. The van der Waals surface area contributed by atoms with Crippen molar-refractivity contribution in [2.45, 2.75) is 0 Å². The first-order valence-electron chi connectivity index (χ1n) is 3.43. The number of rotatable bonds is 1. The number of oxazole rings is 1. The Morgan fingerprint density at radius 1 is 1.54 bits per heavy atom. The Kier molecular flexibility index (Phi) is 2.25. The van der Waals surface area contributed by atoms with E-state index in [0.717, 1.165) is 3.57 Å². The van der Waals surface area contributed by atoms with Crippen molar-refractivity contribution >= 4 is 50.5 Å². The van der Waals surface area contributed by atoms with Crippen LogP contribution < -0.4 is 0 Å². The van der Waals surface area contributed by atoms with E-state index in [1.165, 1.54) is 0 Å². The molecule has 2 aromatic rings. The smallest absolute Gasteiger partial charge is 0.307 e. The molecule has 0 atom stereocenters. The molecule has 0 saturated carbocycles. The monoisotopic (exact) mass is 307 g/mol. The summed E-state index contributed by atoms with van der Waals surface area (Å²) in [7, 11) is 0. The van der Waals surface area contributed by atoms with Gasteiger partial charge in [0, 0.05) is 3.57 Å². The number of hydrogen-bond acceptors (Lipinski definition) is 3. The molecule has 0 spiro atoms. The molecule has 0 N–H and O–H groups in total. The zero-order chi connectivity index (χ0) is 9.42. The molecule has 2 rings (SSSR count). The average molecular weight is 307 g/mol. The van der Waals surface area contributed by atoms with Gasteiger partial charge >= 0.3 is 5.24 Å². The number of carbonyl (C=O) groups excluding carboxylic acids is 1. The molecule has 3 nitrogen and oxygen atoms in total. The molecular formula is C8H3ClINO2. The maximum atomic E-state index is 10.7. The number of benzene rings is 1. The van der Waals surface area contributed by atoms with Crippen molar-refractivity contribution < 1.29 is 9.21 Å². The summed E-state index contributed by atoms with van der Waals surface area (Å²) in [5.74, 6) is -0.0568. The summed E-state index contributed by atoms with van der Waals surface area (Å²) in [6.07, 6.45) is 0. The van der Waals surface area contributed by atoms with Crippen molar-refractivity contribution in [1.29, 1.82) is 0 Å². The van der Waals surface area contributed by atoms with Gasteiger partial charge in [-0.2, -0.15) is 0 Å². The van der Waals surface area contributed by atoms with Crippen LogP contribution in [0.5, 0.6) is 0 Å².